The van der Waals surface area contributed by atoms with Gasteiger partial charge in [-0.05, 0) is 30.3 Å². The quantitative estimate of drug-likeness (QED) is 0.798. The van der Waals surface area contributed by atoms with Gasteiger partial charge < -0.3 is 5.32 Å². The van der Waals surface area contributed by atoms with E-state index in [1.165, 1.54) is 18.6 Å². The van der Waals surface area contributed by atoms with Crippen LogP contribution < -0.4 is 5.32 Å². The van der Waals surface area contributed by atoms with E-state index in [1.807, 2.05) is 0 Å². The normalized spacial score (nSPS) is 10.3. The average Bonchev–Trinajstić information content (AvgIpc) is 3.02. The summed E-state index contributed by atoms with van der Waals surface area (Å²) < 4.78 is 15.0. The first-order valence-corrected chi connectivity index (χ1v) is 6.10. The molecule has 0 saturated heterocycles. The van der Waals surface area contributed by atoms with E-state index in [9.17, 15) is 9.18 Å². The lowest BCUT2D eigenvalue weighted by Crippen LogP contribution is -2.13. The summed E-state index contributed by atoms with van der Waals surface area (Å²) in [6.45, 7) is 0. The van der Waals surface area contributed by atoms with Gasteiger partial charge in [0.1, 0.15) is 12.7 Å². The molecule has 0 bridgehead atoms. The van der Waals surface area contributed by atoms with Crippen molar-refractivity contribution in [2.24, 2.45) is 0 Å². The highest BCUT2D eigenvalue weighted by molar-refractivity contribution is 6.04. The van der Waals surface area contributed by atoms with Gasteiger partial charge in [0.25, 0.3) is 5.91 Å². The van der Waals surface area contributed by atoms with Crippen LogP contribution in [-0.2, 0) is 0 Å². The Morgan fingerprint density at radius 3 is 2.62 bits per heavy atom. The molecule has 2 aromatic heterocycles. The van der Waals surface area contributed by atoms with E-state index in [0.29, 0.717) is 5.69 Å². The van der Waals surface area contributed by atoms with Crippen LogP contribution >= 0.6 is 0 Å². The molecule has 104 valence electrons. The van der Waals surface area contributed by atoms with Crippen molar-refractivity contribution in [2.45, 2.75) is 0 Å². The Kier molecular flexibility index (Phi) is 3.38. The highest BCUT2D eigenvalue weighted by Crippen LogP contribution is 2.14. The Morgan fingerprint density at radius 2 is 1.95 bits per heavy atom. The van der Waals surface area contributed by atoms with Crippen LogP contribution in [0.5, 0.6) is 0 Å². The van der Waals surface area contributed by atoms with Crippen molar-refractivity contribution >= 4 is 11.6 Å². The molecule has 6 nitrogen and oxygen atoms in total. The number of benzene rings is 1. The van der Waals surface area contributed by atoms with Crippen LogP contribution in [0.4, 0.5) is 10.1 Å². The number of rotatable bonds is 3. The Bertz CT molecular complexity index is 755. The molecule has 0 unspecified atom stereocenters. The molecule has 1 aromatic carbocycles. The summed E-state index contributed by atoms with van der Waals surface area (Å²) in [5, 5.41) is 6.62. The predicted molar refractivity (Wildman–Crippen MR) is 73.5 cm³/mol. The number of amides is 1. The van der Waals surface area contributed by atoms with Gasteiger partial charge in [0, 0.05) is 11.9 Å². The topological polar surface area (TPSA) is 72.7 Å². The molecule has 0 saturated carbocycles. The molecule has 3 aromatic rings. The smallest absolute Gasteiger partial charge is 0.258 e. The minimum absolute atomic E-state index is 0.0506. The number of hydrogen-bond acceptors (Lipinski definition) is 4. The maximum absolute atomic E-state index is 13.5. The van der Waals surface area contributed by atoms with Gasteiger partial charge >= 0.3 is 0 Å². The molecule has 2 heterocycles. The van der Waals surface area contributed by atoms with Gasteiger partial charge in [0.15, 0.2) is 5.82 Å². The van der Waals surface area contributed by atoms with Gasteiger partial charge in [0.2, 0.25) is 0 Å². The number of carbonyl (C=O) groups excluding carboxylic acids is 1. The molecule has 0 aliphatic heterocycles. The molecule has 1 amide bonds. The first-order chi connectivity index (χ1) is 10.2. The summed E-state index contributed by atoms with van der Waals surface area (Å²) in [6.07, 6.45) is 5.37. The SMILES string of the molecule is O=C(Nc1ccc(-n2cncn2)cc1)c1ccncc1F. The Balaban J connectivity index is 1.77. The van der Waals surface area contributed by atoms with Crippen molar-refractivity contribution in [3.8, 4) is 5.69 Å². The number of pyridine rings is 1. The van der Waals surface area contributed by atoms with Gasteiger partial charge in [0.05, 0.1) is 17.4 Å². The van der Waals surface area contributed by atoms with Gasteiger partial charge in [-0.3, -0.25) is 9.78 Å². The number of halogens is 1. The van der Waals surface area contributed by atoms with Crippen LogP contribution in [0.2, 0.25) is 0 Å². The molecule has 1 N–H and O–H groups in total. The fourth-order valence-electron chi connectivity index (χ4n) is 1.80. The number of nitrogens with zero attached hydrogens (tertiary/aromatic N) is 4. The van der Waals surface area contributed by atoms with Crippen molar-refractivity contribution in [1.82, 2.24) is 19.7 Å². The maximum atomic E-state index is 13.5. The average molecular weight is 283 g/mol. The Morgan fingerprint density at radius 1 is 1.14 bits per heavy atom. The van der Waals surface area contributed by atoms with Crippen LogP contribution in [0, 0.1) is 5.82 Å². The van der Waals surface area contributed by atoms with E-state index in [2.05, 4.69) is 20.4 Å². The van der Waals surface area contributed by atoms with E-state index in [1.54, 1.807) is 35.3 Å². The summed E-state index contributed by atoms with van der Waals surface area (Å²) in [5.41, 5.74) is 1.31. The first kappa shape index (κ1) is 12.9. The van der Waals surface area contributed by atoms with Crippen LogP contribution in [0.1, 0.15) is 10.4 Å². The standard InChI is InChI=1S/C14H10FN5O/c15-13-7-16-6-5-12(13)14(21)19-10-1-3-11(4-2-10)20-9-17-8-18-20/h1-9H,(H,19,21). The van der Waals surface area contributed by atoms with Crippen molar-refractivity contribution in [3.05, 3.63) is 66.8 Å². The van der Waals surface area contributed by atoms with E-state index in [0.717, 1.165) is 11.9 Å². The molecule has 0 radical (unpaired) electrons. The van der Waals surface area contributed by atoms with Gasteiger partial charge in [-0.25, -0.2) is 14.1 Å². The third-order valence-electron chi connectivity index (χ3n) is 2.83. The van der Waals surface area contributed by atoms with Gasteiger partial charge in [-0.1, -0.05) is 0 Å². The lowest BCUT2D eigenvalue weighted by molar-refractivity contribution is 0.102. The third kappa shape index (κ3) is 2.76. The number of aromatic nitrogens is 4. The van der Waals surface area contributed by atoms with E-state index >= 15 is 0 Å². The van der Waals surface area contributed by atoms with Crippen molar-refractivity contribution < 1.29 is 9.18 Å². The number of anilines is 1. The van der Waals surface area contributed by atoms with Gasteiger partial charge in [-0.2, -0.15) is 5.10 Å². The number of nitrogens with one attached hydrogen (secondary N) is 1. The zero-order valence-electron chi connectivity index (χ0n) is 10.8. The minimum atomic E-state index is -0.658. The van der Waals surface area contributed by atoms with E-state index < -0.39 is 11.7 Å². The summed E-state index contributed by atoms with van der Waals surface area (Å²) in [7, 11) is 0. The summed E-state index contributed by atoms with van der Waals surface area (Å²) >= 11 is 0. The monoisotopic (exact) mass is 283 g/mol. The van der Waals surface area contributed by atoms with Crippen molar-refractivity contribution in [2.75, 3.05) is 5.32 Å². The van der Waals surface area contributed by atoms with Crippen LogP contribution in [0.3, 0.4) is 0 Å². The van der Waals surface area contributed by atoms with Crippen LogP contribution in [-0.4, -0.2) is 25.7 Å². The second-order valence-electron chi connectivity index (χ2n) is 4.20. The fraction of sp³-hybridized carbons (Fsp3) is 0. The number of hydrogen-bond donors (Lipinski definition) is 1. The van der Waals surface area contributed by atoms with Crippen molar-refractivity contribution in [3.63, 3.8) is 0 Å². The molecular formula is C14H10FN5O. The van der Waals surface area contributed by atoms with E-state index in [4.69, 9.17) is 0 Å². The zero-order valence-corrected chi connectivity index (χ0v) is 10.8. The Hall–Kier alpha value is -3.09. The maximum Gasteiger partial charge on any atom is 0.258 e. The second-order valence-corrected chi connectivity index (χ2v) is 4.20. The van der Waals surface area contributed by atoms with Crippen molar-refractivity contribution in [1.29, 1.82) is 0 Å². The summed E-state index contributed by atoms with van der Waals surface area (Å²) in [5.74, 6) is -1.18. The predicted octanol–water partition coefficient (Wildman–Crippen LogP) is 2.05. The second kappa shape index (κ2) is 5.49. The molecule has 0 spiro atoms. The highest BCUT2D eigenvalue weighted by atomic mass is 19.1. The number of carbonyl (C=O) groups is 1. The molecule has 21 heavy (non-hydrogen) atoms. The Labute approximate surface area is 119 Å². The molecule has 7 heteroatoms. The molecule has 0 fully saturated rings. The van der Waals surface area contributed by atoms with E-state index in [-0.39, 0.29) is 5.56 Å². The summed E-state index contributed by atoms with van der Waals surface area (Å²) in [6, 6.07) is 8.27. The molecule has 0 aliphatic rings. The summed E-state index contributed by atoms with van der Waals surface area (Å²) in [4.78, 5) is 19.4. The first-order valence-electron chi connectivity index (χ1n) is 6.10. The molecule has 3 rings (SSSR count). The largest absolute Gasteiger partial charge is 0.322 e. The lowest BCUT2D eigenvalue weighted by atomic mass is 10.2. The molecule has 0 aliphatic carbocycles. The van der Waals surface area contributed by atoms with Gasteiger partial charge in [-0.15, -0.1) is 0 Å². The zero-order chi connectivity index (χ0) is 14.7. The lowest BCUT2D eigenvalue weighted by Gasteiger charge is -2.07. The van der Waals surface area contributed by atoms with Crippen LogP contribution in [0.15, 0.2) is 55.4 Å². The third-order valence-corrected chi connectivity index (χ3v) is 2.83. The molecule has 0 atom stereocenters. The minimum Gasteiger partial charge on any atom is -0.322 e. The van der Waals surface area contributed by atoms with Crippen LogP contribution in [0.25, 0.3) is 5.69 Å². The molecular weight excluding hydrogens is 273 g/mol. The highest BCUT2D eigenvalue weighted by Gasteiger charge is 2.11. The fourth-order valence-corrected chi connectivity index (χ4v) is 1.80.